The first kappa shape index (κ1) is 29.5. The molecule has 0 atom stereocenters. The number of hydrogen-bond acceptors (Lipinski definition) is 3. The van der Waals surface area contributed by atoms with E-state index in [1.54, 1.807) is 11.3 Å². The third-order valence-electron chi connectivity index (χ3n) is 9.90. The smallest absolute Gasteiger partial charge is 0.161 e. The van der Waals surface area contributed by atoms with Gasteiger partial charge in [-0.3, -0.25) is 0 Å². The van der Waals surface area contributed by atoms with Crippen molar-refractivity contribution < 1.29 is 0 Å². The van der Waals surface area contributed by atoms with E-state index in [1.807, 2.05) is 6.07 Å². The highest BCUT2D eigenvalue weighted by atomic mass is 32.1. The van der Waals surface area contributed by atoms with E-state index >= 15 is 0 Å². The molecule has 0 N–H and O–H groups in total. The van der Waals surface area contributed by atoms with Crippen molar-refractivity contribution in [2.75, 3.05) is 0 Å². The Bertz CT molecular complexity index is 2890. The van der Waals surface area contributed by atoms with E-state index in [4.69, 9.17) is 9.97 Å². The lowest BCUT2D eigenvalue weighted by Gasteiger charge is -2.12. The Balaban J connectivity index is 1.16. The number of benzene rings is 8. The van der Waals surface area contributed by atoms with Crippen LogP contribution in [0.25, 0.3) is 97.9 Å². The second-order valence-corrected chi connectivity index (χ2v) is 13.9. The van der Waals surface area contributed by atoms with E-state index in [1.165, 1.54) is 59.4 Å². The predicted octanol–water partition coefficient (Wildman–Crippen LogP) is 13.5. The Hall–Kier alpha value is -6.42. The summed E-state index contributed by atoms with van der Waals surface area (Å²) in [5.74, 6) is 0.740. The van der Waals surface area contributed by atoms with Crippen LogP contribution in [0, 0.1) is 0 Å². The molecule has 10 aromatic rings. The summed E-state index contributed by atoms with van der Waals surface area (Å²) in [7, 11) is 0. The third-order valence-corrected chi connectivity index (χ3v) is 11.0. The first-order valence-corrected chi connectivity index (χ1v) is 18.1. The Morgan fingerprint density at radius 3 is 1.43 bits per heavy atom. The predicted molar refractivity (Wildman–Crippen MR) is 217 cm³/mol. The molecule has 0 amide bonds. The maximum absolute atomic E-state index is 5.38. The summed E-state index contributed by atoms with van der Waals surface area (Å²) in [5.41, 5.74) is 10.2. The fourth-order valence-corrected chi connectivity index (χ4v) is 8.66. The van der Waals surface area contributed by atoms with E-state index in [0.29, 0.717) is 0 Å². The van der Waals surface area contributed by atoms with E-state index in [2.05, 4.69) is 176 Å². The zero-order valence-corrected chi connectivity index (χ0v) is 28.4. The van der Waals surface area contributed by atoms with E-state index < -0.39 is 0 Å². The molecule has 0 spiro atoms. The fourth-order valence-electron chi connectivity index (χ4n) is 7.43. The van der Waals surface area contributed by atoms with Crippen LogP contribution >= 0.6 is 11.3 Å². The summed E-state index contributed by atoms with van der Waals surface area (Å²) in [5, 5.41) is 7.34. The summed E-state index contributed by atoms with van der Waals surface area (Å²) in [6, 6.07) is 64.9. The molecular formula is C48H30N2S. The quantitative estimate of drug-likeness (QED) is 0.171. The van der Waals surface area contributed by atoms with Gasteiger partial charge in [0.1, 0.15) is 4.83 Å². The Labute approximate surface area is 300 Å². The van der Waals surface area contributed by atoms with Crippen molar-refractivity contribution in [2.45, 2.75) is 0 Å². The summed E-state index contributed by atoms with van der Waals surface area (Å²) < 4.78 is 1.25. The van der Waals surface area contributed by atoms with E-state index in [-0.39, 0.29) is 0 Å². The normalized spacial score (nSPS) is 11.5. The SMILES string of the molecule is c1ccc(-c2ccc(-c3cccc(-c4cccc(-c5nc(-c6ccccc6)nc6sc7c8ccccc8c8ccccc8c7c56)c4)c3)cc2)cc1. The molecule has 51 heavy (non-hydrogen) atoms. The van der Waals surface area contributed by atoms with Gasteiger partial charge in [-0.05, 0) is 61.7 Å². The highest BCUT2D eigenvalue weighted by Crippen LogP contribution is 2.46. The van der Waals surface area contributed by atoms with Crippen LogP contribution in [0.4, 0.5) is 0 Å². The van der Waals surface area contributed by atoms with Gasteiger partial charge in [0.25, 0.3) is 0 Å². The molecule has 0 aliphatic carbocycles. The zero-order valence-electron chi connectivity index (χ0n) is 27.6. The number of hydrogen-bond donors (Lipinski definition) is 0. The van der Waals surface area contributed by atoms with Crippen molar-refractivity contribution in [1.82, 2.24) is 9.97 Å². The summed E-state index contributed by atoms with van der Waals surface area (Å²) in [6.45, 7) is 0. The van der Waals surface area contributed by atoms with Crippen molar-refractivity contribution in [2.24, 2.45) is 0 Å². The first-order chi connectivity index (χ1) is 25.3. The van der Waals surface area contributed by atoms with Gasteiger partial charge in [0.05, 0.1) is 5.69 Å². The topological polar surface area (TPSA) is 25.8 Å². The molecule has 2 aromatic heterocycles. The lowest BCUT2D eigenvalue weighted by Crippen LogP contribution is -1.94. The highest BCUT2D eigenvalue weighted by molar-refractivity contribution is 7.26. The lowest BCUT2D eigenvalue weighted by atomic mass is 9.94. The van der Waals surface area contributed by atoms with Crippen LogP contribution in [0.3, 0.4) is 0 Å². The number of nitrogens with zero attached hydrogens (tertiary/aromatic N) is 2. The van der Waals surface area contributed by atoms with Crippen LogP contribution in [0.5, 0.6) is 0 Å². The summed E-state index contributed by atoms with van der Waals surface area (Å²) in [4.78, 5) is 11.6. The van der Waals surface area contributed by atoms with Crippen LogP contribution in [0.1, 0.15) is 0 Å². The molecule has 0 unspecified atom stereocenters. The molecule has 0 radical (unpaired) electrons. The minimum absolute atomic E-state index is 0.740. The van der Waals surface area contributed by atoms with Crippen LogP contribution in [-0.2, 0) is 0 Å². The molecule has 10 rings (SSSR count). The van der Waals surface area contributed by atoms with Gasteiger partial charge in [0, 0.05) is 32.0 Å². The molecule has 0 aliphatic rings. The average Bonchev–Trinajstić information content (AvgIpc) is 3.62. The van der Waals surface area contributed by atoms with Gasteiger partial charge in [-0.15, -0.1) is 11.3 Å². The van der Waals surface area contributed by atoms with Crippen molar-refractivity contribution in [3.05, 3.63) is 182 Å². The van der Waals surface area contributed by atoms with Gasteiger partial charge >= 0.3 is 0 Å². The van der Waals surface area contributed by atoms with Crippen LogP contribution in [-0.4, -0.2) is 9.97 Å². The summed E-state index contributed by atoms with van der Waals surface area (Å²) in [6.07, 6.45) is 0. The van der Waals surface area contributed by atoms with Crippen LogP contribution in [0.15, 0.2) is 182 Å². The lowest BCUT2D eigenvalue weighted by molar-refractivity contribution is 1.24. The standard InChI is InChI=1S/C48H30N2S/c1-3-13-31(14-4-1)32-25-27-33(28-26-32)35-17-11-18-36(29-35)37-19-12-20-38(30-37)45-44-43-41-23-9-7-21-39(41)40-22-8-10-24-42(40)46(43)51-48(44)50-47(49-45)34-15-5-2-6-16-34/h1-30H. The Kier molecular flexibility index (Phi) is 7.04. The first-order valence-electron chi connectivity index (χ1n) is 17.2. The maximum atomic E-state index is 5.38. The van der Waals surface area contributed by atoms with Gasteiger partial charge in [-0.1, -0.05) is 170 Å². The van der Waals surface area contributed by atoms with Gasteiger partial charge in [-0.25, -0.2) is 9.97 Å². The minimum atomic E-state index is 0.740. The van der Waals surface area contributed by atoms with E-state index in [0.717, 1.165) is 38.4 Å². The number of thiophene rings is 1. The minimum Gasteiger partial charge on any atom is -0.227 e. The summed E-state index contributed by atoms with van der Waals surface area (Å²) >= 11 is 1.77. The molecule has 3 heteroatoms. The number of rotatable bonds is 5. The molecule has 2 heterocycles. The second kappa shape index (κ2) is 12.2. The molecule has 0 saturated heterocycles. The van der Waals surface area contributed by atoms with Crippen molar-refractivity contribution in [3.63, 3.8) is 0 Å². The van der Waals surface area contributed by atoms with Crippen molar-refractivity contribution >= 4 is 53.2 Å². The molecule has 0 bridgehead atoms. The number of aromatic nitrogens is 2. The average molecular weight is 667 g/mol. The fraction of sp³-hybridized carbons (Fsp3) is 0. The monoisotopic (exact) mass is 666 g/mol. The molecule has 0 fully saturated rings. The van der Waals surface area contributed by atoms with Crippen molar-refractivity contribution in [1.29, 1.82) is 0 Å². The third kappa shape index (κ3) is 5.10. The van der Waals surface area contributed by atoms with E-state index in [9.17, 15) is 0 Å². The molecule has 0 saturated carbocycles. The molecular weight excluding hydrogens is 637 g/mol. The molecule has 0 aliphatic heterocycles. The molecule has 2 nitrogen and oxygen atoms in total. The van der Waals surface area contributed by atoms with Crippen LogP contribution < -0.4 is 0 Å². The Morgan fingerprint density at radius 2 is 0.765 bits per heavy atom. The Morgan fingerprint density at radius 1 is 0.314 bits per heavy atom. The van der Waals surface area contributed by atoms with Crippen molar-refractivity contribution in [3.8, 4) is 56.0 Å². The molecule has 238 valence electrons. The van der Waals surface area contributed by atoms with Crippen LogP contribution in [0.2, 0.25) is 0 Å². The van der Waals surface area contributed by atoms with Gasteiger partial charge in [-0.2, -0.15) is 0 Å². The van der Waals surface area contributed by atoms with Gasteiger partial charge in [0.15, 0.2) is 5.82 Å². The van der Waals surface area contributed by atoms with Gasteiger partial charge in [0.2, 0.25) is 0 Å². The van der Waals surface area contributed by atoms with Gasteiger partial charge < -0.3 is 0 Å². The maximum Gasteiger partial charge on any atom is 0.161 e. The molecule has 8 aromatic carbocycles. The number of fused-ring (bicyclic) bond motifs is 8. The largest absolute Gasteiger partial charge is 0.227 e. The highest BCUT2D eigenvalue weighted by Gasteiger charge is 2.21. The second-order valence-electron chi connectivity index (χ2n) is 12.9. The zero-order chi connectivity index (χ0) is 33.7.